The lowest BCUT2D eigenvalue weighted by molar-refractivity contribution is -0.116. The Kier molecular flexibility index (Phi) is 5.51. The van der Waals surface area contributed by atoms with E-state index in [9.17, 15) is 14.4 Å². The molecule has 0 unspecified atom stereocenters. The molecule has 1 aliphatic heterocycles. The molecule has 10 heteroatoms. The lowest BCUT2D eigenvalue weighted by atomic mass is 10.1. The number of anilines is 1. The second-order valence-electron chi connectivity index (χ2n) is 7.34. The molecule has 1 aliphatic rings. The Balaban J connectivity index is 1.55. The van der Waals surface area contributed by atoms with Gasteiger partial charge in [0.05, 0.1) is 19.5 Å². The van der Waals surface area contributed by atoms with Crippen molar-refractivity contribution in [2.24, 2.45) is 14.1 Å². The van der Waals surface area contributed by atoms with Gasteiger partial charge in [-0.05, 0) is 11.6 Å². The maximum atomic E-state index is 12.7. The summed E-state index contributed by atoms with van der Waals surface area (Å²) in [6, 6.07) is 7.67. The zero-order valence-corrected chi connectivity index (χ0v) is 17.0. The fourth-order valence-electron chi connectivity index (χ4n) is 3.64. The summed E-state index contributed by atoms with van der Waals surface area (Å²) in [6.45, 7) is 3.75. The van der Waals surface area contributed by atoms with Crippen LogP contribution in [0.3, 0.4) is 0 Å². The van der Waals surface area contributed by atoms with Gasteiger partial charge in [0.1, 0.15) is 6.54 Å². The second-order valence-corrected chi connectivity index (χ2v) is 7.34. The molecule has 30 heavy (non-hydrogen) atoms. The average molecular weight is 412 g/mol. The summed E-state index contributed by atoms with van der Waals surface area (Å²) in [5, 5.41) is 2.94. The number of nitrogens with one attached hydrogen (secondary N) is 1. The number of aryl methyl sites for hydroxylation is 1. The molecule has 0 atom stereocenters. The fraction of sp³-hybridized carbons (Fsp3) is 0.400. The lowest BCUT2D eigenvalue weighted by Gasteiger charge is -2.27. The van der Waals surface area contributed by atoms with Crippen molar-refractivity contribution in [3.63, 3.8) is 0 Å². The summed E-state index contributed by atoms with van der Waals surface area (Å²) in [5.74, 6) is -0.278. The zero-order chi connectivity index (χ0) is 21.3. The summed E-state index contributed by atoms with van der Waals surface area (Å²) < 4.78 is 9.16. The van der Waals surface area contributed by atoms with Crippen molar-refractivity contribution in [3.05, 3.63) is 57.0 Å². The number of carbonyl (C=O) groups excluding carboxylic acids is 1. The van der Waals surface area contributed by atoms with E-state index in [2.05, 4.69) is 15.2 Å². The van der Waals surface area contributed by atoms with Crippen molar-refractivity contribution < 1.29 is 9.53 Å². The molecule has 0 aliphatic carbocycles. The first kappa shape index (κ1) is 20.0. The zero-order valence-electron chi connectivity index (χ0n) is 17.0. The molecule has 3 aromatic rings. The van der Waals surface area contributed by atoms with Crippen LogP contribution in [0.25, 0.3) is 11.2 Å². The van der Waals surface area contributed by atoms with E-state index in [1.54, 1.807) is 7.05 Å². The number of fused-ring (bicyclic) bond motifs is 1. The van der Waals surface area contributed by atoms with E-state index in [0.29, 0.717) is 13.2 Å². The number of aromatic nitrogens is 4. The summed E-state index contributed by atoms with van der Waals surface area (Å²) in [7, 11) is 2.95. The third kappa shape index (κ3) is 3.79. The SMILES string of the molecule is Cn1c(=O)c2c(ncn2CC(=O)Nc2ccccc2CN2CCOCC2)n(C)c1=O. The number of imidazole rings is 1. The molecule has 1 N–H and O–H groups in total. The largest absolute Gasteiger partial charge is 0.379 e. The van der Waals surface area contributed by atoms with Gasteiger partial charge in [0.25, 0.3) is 5.56 Å². The van der Waals surface area contributed by atoms with Crippen molar-refractivity contribution >= 4 is 22.8 Å². The van der Waals surface area contributed by atoms with Gasteiger partial charge in [-0.15, -0.1) is 0 Å². The number of para-hydroxylation sites is 1. The van der Waals surface area contributed by atoms with Gasteiger partial charge < -0.3 is 14.6 Å². The van der Waals surface area contributed by atoms with Crippen molar-refractivity contribution in [2.75, 3.05) is 31.6 Å². The Morgan fingerprint density at radius 2 is 1.87 bits per heavy atom. The molecular formula is C20H24N6O4. The average Bonchev–Trinajstić information content (AvgIpc) is 3.16. The van der Waals surface area contributed by atoms with Crippen LogP contribution in [0.15, 0.2) is 40.2 Å². The van der Waals surface area contributed by atoms with Crippen molar-refractivity contribution in [2.45, 2.75) is 13.1 Å². The molecule has 4 rings (SSSR count). The van der Waals surface area contributed by atoms with Crippen molar-refractivity contribution in [1.29, 1.82) is 0 Å². The highest BCUT2D eigenvalue weighted by Crippen LogP contribution is 2.18. The second kappa shape index (κ2) is 8.25. The number of rotatable bonds is 5. The Labute approximate surface area is 172 Å². The number of hydrogen-bond acceptors (Lipinski definition) is 6. The van der Waals surface area contributed by atoms with E-state index in [0.717, 1.165) is 35.5 Å². The van der Waals surface area contributed by atoms with Gasteiger partial charge in [0, 0.05) is 39.4 Å². The predicted octanol–water partition coefficient (Wildman–Crippen LogP) is -0.0954. The first-order chi connectivity index (χ1) is 14.5. The van der Waals surface area contributed by atoms with E-state index in [-0.39, 0.29) is 23.6 Å². The van der Waals surface area contributed by atoms with E-state index < -0.39 is 11.2 Å². The summed E-state index contributed by atoms with van der Waals surface area (Å²) in [4.78, 5) is 43.8. The molecule has 1 aromatic carbocycles. The van der Waals surface area contributed by atoms with Crippen LogP contribution in [0.2, 0.25) is 0 Å². The highest BCUT2D eigenvalue weighted by molar-refractivity contribution is 5.92. The molecule has 0 spiro atoms. The number of hydrogen-bond donors (Lipinski definition) is 1. The van der Waals surface area contributed by atoms with Crippen LogP contribution in [0, 0.1) is 0 Å². The minimum Gasteiger partial charge on any atom is -0.379 e. The van der Waals surface area contributed by atoms with E-state index >= 15 is 0 Å². The van der Waals surface area contributed by atoms with Crippen LogP contribution in [-0.4, -0.2) is 55.8 Å². The molecule has 10 nitrogen and oxygen atoms in total. The number of amides is 1. The van der Waals surface area contributed by atoms with Gasteiger partial charge in [-0.2, -0.15) is 0 Å². The van der Waals surface area contributed by atoms with E-state index in [4.69, 9.17) is 4.74 Å². The Morgan fingerprint density at radius 3 is 2.63 bits per heavy atom. The number of ether oxygens (including phenoxy) is 1. The third-order valence-electron chi connectivity index (χ3n) is 5.32. The van der Waals surface area contributed by atoms with Gasteiger partial charge in [-0.1, -0.05) is 18.2 Å². The van der Waals surface area contributed by atoms with Gasteiger partial charge >= 0.3 is 5.69 Å². The Morgan fingerprint density at radius 1 is 1.13 bits per heavy atom. The molecular weight excluding hydrogens is 388 g/mol. The molecule has 0 radical (unpaired) electrons. The van der Waals surface area contributed by atoms with E-state index in [1.807, 2.05) is 24.3 Å². The van der Waals surface area contributed by atoms with Gasteiger partial charge in [-0.3, -0.25) is 23.6 Å². The standard InChI is InChI=1S/C20H24N6O4/c1-23-18-17(19(28)24(2)20(23)29)26(13-21-18)12-16(27)22-15-6-4-3-5-14(15)11-25-7-9-30-10-8-25/h3-6,13H,7-12H2,1-2H3,(H,22,27). The molecule has 0 bridgehead atoms. The molecule has 158 valence electrons. The molecule has 1 fully saturated rings. The highest BCUT2D eigenvalue weighted by atomic mass is 16.5. The first-order valence-corrected chi connectivity index (χ1v) is 9.74. The summed E-state index contributed by atoms with van der Waals surface area (Å²) in [5.41, 5.74) is 1.28. The molecule has 2 aromatic heterocycles. The van der Waals surface area contributed by atoms with Crippen LogP contribution in [0.1, 0.15) is 5.56 Å². The maximum absolute atomic E-state index is 12.7. The minimum absolute atomic E-state index is 0.0875. The van der Waals surface area contributed by atoms with Crippen LogP contribution < -0.4 is 16.6 Å². The van der Waals surface area contributed by atoms with Crippen molar-refractivity contribution in [3.8, 4) is 0 Å². The number of morpholine rings is 1. The number of carbonyl (C=O) groups is 1. The summed E-state index contributed by atoms with van der Waals surface area (Å²) >= 11 is 0. The Hall–Kier alpha value is -3.24. The molecule has 1 amide bonds. The van der Waals surface area contributed by atoms with Crippen LogP contribution in [0.5, 0.6) is 0 Å². The molecule has 0 saturated carbocycles. The third-order valence-corrected chi connectivity index (χ3v) is 5.32. The van der Waals surface area contributed by atoms with Crippen LogP contribution in [0.4, 0.5) is 5.69 Å². The molecule has 3 heterocycles. The fourth-order valence-corrected chi connectivity index (χ4v) is 3.64. The minimum atomic E-state index is -0.480. The quantitative estimate of drug-likeness (QED) is 0.628. The van der Waals surface area contributed by atoms with Crippen molar-refractivity contribution in [1.82, 2.24) is 23.6 Å². The topological polar surface area (TPSA) is 103 Å². The first-order valence-electron chi connectivity index (χ1n) is 9.74. The molecule has 1 saturated heterocycles. The lowest BCUT2D eigenvalue weighted by Crippen LogP contribution is -2.38. The van der Waals surface area contributed by atoms with Gasteiger partial charge in [0.15, 0.2) is 11.2 Å². The van der Waals surface area contributed by atoms with Gasteiger partial charge in [-0.25, -0.2) is 9.78 Å². The normalized spacial score (nSPS) is 14.9. The predicted molar refractivity (Wildman–Crippen MR) is 111 cm³/mol. The van der Waals surface area contributed by atoms with Gasteiger partial charge in [0.2, 0.25) is 5.91 Å². The van der Waals surface area contributed by atoms with E-state index in [1.165, 1.54) is 22.5 Å². The van der Waals surface area contributed by atoms with Crippen LogP contribution >= 0.6 is 0 Å². The van der Waals surface area contributed by atoms with Crippen LogP contribution in [-0.2, 0) is 36.7 Å². The monoisotopic (exact) mass is 412 g/mol. The summed E-state index contributed by atoms with van der Waals surface area (Å²) in [6.07, 6.45) is 1.41. The number of nitrogens with zero attached hydrogens (tertiary/aromatic N) is 5. The Bertz CT molecular complexity index is 1200. The number of benzene rings is 1. The maximum Gasteiger partial charge on any atom is 0.332 e. The highest BCUT2D eigenvalue weighted by Gasteiger charge is 2.17. The smallest absolute Gasteiger partial charge is 0.332 e.